The molecule has 0 saturated heterocycles. The lowest BCUT2D eigenvalue weighted by Gasteiger charge is -2.17. The van der Waals surface area contributed by atoms with Crippen molar-refractivity contribution in [3.8, 4) is 11.3 Å². The van der Waals surface area contributed by atoms with Gasteiger partial charge < -0.3 is 9.88 Å². The molecule has 0 aliphatic heterocycles. The van der Waals surface area contributed by atoms with Gasteiger partial charge in [0.25, 0.3) is 0 Å². The van der Waals surface area contributed by atoms with E-state index in [1.165, 1.54) is 29.3 Å². The first-order chi connectivity index (χ1) is 14.1. The van der Waals surface area contributed by atoms with Crippen molar-refractivity contribution in [2.75, 3.05) is 18.9 Å². The van der Waals surface area contributed by atoms with E-state index in [1.807, 2.05) is 37.4 Å². The van der Waals surface area contributed by atoms with E-state index in [0.717, 1.165) is 21.4 Å². The van der Waals surface area contributed by atoms with Crippen LogP contribution < -0.4 is 5.32 Å². The molecule has 0 fully saturated rings. The number of alkyl halides is 3. The second-order valence-electron chi connectivity index (χ2n) is 7.14. The van der Waals surface area contributed by atoms with Crippen LogP contribution in [0.4, 0.5) is 18.3 Å². The van der Waals surface area contributed by atoms with Crippen LogP contribution in [0.5, 0.6) is 0 Å². The van der Waals surface area contributed by atoms with Crippen molar-refractivity contribution in [2.45, 2.75) is 33.1 Å². The van der Waals surface area contributed by atoms with Crippen LogP contribution in [0.1, 0.15) is 17.0 Å². The van der Waals surface area contributed by atoms with Gasteiger partial charge in [0.1, 0.15) is 12.4 Å². The molecule has 30 heavy (non-hydrogen) atoms. The summed E-state index contributed by atoms with van der Waals surface area (Å²) in [4.78, 5) is 22.3. The number of nitrogens with zero attached hydrogens (tertiary/aromatic N) is 4. The Balaban J connectivity index is 1.57. The van der Waals surface area contributed by atoms with Gasteiger partial charge in [-0.1, -0.05) is 12.1 Å². The van der Waals surface area contributed by atoms with Crippen LogP contribution in [-0.2, 0) is 17.9 Å². The van der Waals surface area contributed by atoms with Gasteiger partial charge >= 0.3 is 6.18 Å². The average molecular weight is 437 g/mol. The van der Waals surface area contributed by atoms with Gasteiger partial charge in [-0.3, -0.25) is 9.69 Å². The van der Waals surface area contributed by atoms with Crippen LogP contribution in [0, 0.1) is 13.8 Å². The molecule has 10 heteroatoms. The van der Waals surface area contributed by atoms with Crippen molar-refractivity contribution in [2.24, 2.45) is 0 Å². The lowest BCUT2D eigenvalue weighted by Crippen LogP contribution is -2.31. The third-order valence-electron chi connectivity index (χ3n) is 4.53. The summed E-state index contributed by atoms with van der Waals surface area (Å²) in [5.41, 5.74) is 4.11. The summed E-state index contributed by atoms with van der Waals surface area (Å²) in [7, 11) is 1.65. The molecular weight excluding hydrogens is 415 g/mol. The van der Waals surface area contributed by atoms with Gasteiger partial charge in [-0.15, -0.1) is 11.3 Å². The number of benzene rings is 1. The van der Waals surface area contributed by atoms with Crippen molar-refractivity contribution < 1.29 is 18.0 Å². The Labute approximate surface area is 176 Å². The van der Waals surface area contributed by atoms with E-state index in [4.69, 9.17) is 0 Å². The number of likely N-dealkylation sites (N-methyl/N-ethyl adjacent to an activating group) is 1. The quantitative estimate of drug-likeness (QED) is 0.600. The molecule has 3 aromatic rings. The highest BCUT2D eigenvalue weighted by atomic mass is 32.1. The molecule has 2 aromatic heterocycles. The van der Waals surface area contributed by atoms with Crippen molar-refractivity contribution in [3.05, 3.63) is 52.9 Å². The van der Waals surface area contributed by atoms with Crippen LogP contribution in [0.25, 0.3) is 11.3 Å². The van der Waals surface area contributed by atoms with Gasteiger partial charge in [-0.05, 0) is 38.1 Å². The molecule has 1 amide bonds. The monoisotopic (exact) mass is 437 g/mol. The maximum atomic E-state index is 12.6. The van der Waals surface area contributed by atoms with E-state index < -0.39 is 12.7 Å². The summed E-state index contributed by atoms with van der Waals surface area (Å²) < 4.78 is 38.9. The highest BCUT2D eigenvalue weighted by Gasteiger charge is 2.29. The zero-order valence-electron chi connectivity index (χ0n) is 16.8. The average Bonchev–Trinajstić information content (AvgIpc) is 3.26. The maximum absolute atomic E-state index is 12.6. The Kier molecular flexibility index (Phi) is 6.57. The number of aromatic nitrogens is 3. The fourth-order valence-corrected chi connectivity index (χ4v) is 3.63. The topological polar surface area (TPSA) is 63.1 Å². The standard InChI is InChI=1S/C20H22F3N5OS/c1-13-4-5-15(8-14(13)2)16-11-30-19(25-16)26-18(29)10-27(3)9-17-24-6-7-28(17)12-20(21,22)23/h4-8,11H,9-10,12H2,1-3H3,(H,25,26,29). The number of anilines is 1. The predicted octanol–water partition coefficient (Wildman–Crippen LogP) is 4.26. The summed E-state index contributed by atoms with van der Waals surface area (Å²) in [5, 5.41) is 5.09. The third-order valence-corrected chi connectivity index (χ3v) is 5.29. The van der Waals surface area contributed by atoms with E-state index >= 15 is 0 Å². The van der Waals surface area contributed by atoms with Gasteiger partial charge in [0.05, 0.1) is 18.8 Å². The molecule has 2 heterocycles. The second kappa shape index (κ2) is 8.97. The molecule has 160 valence electrons. The number of amides is 1. The molecule has 0 radical (unpaired) electrons. The van der Waals surface area contributed by atoms with E-state index in [-0.39, 0.29) is 24.8 Å². The van der Waals surface area contributed by atoms with Gasteiger partial charge in [0.15, 0.2) is 5.13 Å². The fraction of sp³-hybridized carbons (Fsp3) is 0.350. The summed E-state index contributed by atoms with van der Waals surface area (Å²) in [6.07, 6.45) is -1.73. The zero-order valence-corrected chi connectivity index (χ0v) is 17.6. The Morgan fingerprint density at radius 1 is 1.27 bits per heavy atom. The molecule has 3 rings (SSSR count). The molecule has 0 bridgehead atoms. The number of rotatable bonds is 7. The molecular formula is C20H22F3N5OS. The minimum absolute atomic E-state index is 0.00255. The molecule has 1 N–H and O–H groups in total. The highest BCUT2D eigenvalue weighted by Crippen LogP contribution is 2.26. The van der Waals surface area contributed by atoms with E-state index in [0.29, 0.717) is 5.13 Å². The van der Waals surface area contributed by atoms with Crippen LogP contribution in [0.15, 0.2) is 36.0 Å². The largest absolute Gasteiger partial charge is 0.406 e. The molecule has 6 nitrogen and oxygen atoms in total. The van der Waals surface area contributed by atoms with Crippen LogP contribution >= 0.6 is 11.3 Å². The summed E-state index contributed by atoms with van der Waals surface area (Å²) >= 11 is 1.32. The Bertz CT molecular complexity index is 1030. The normalized spacial score (nSPS) is 11.8. The molecule has 1 aromatic carbocycles. The van der Waals surface area contributed by atoms with Gasteiger partial charge in [0, 0.05) is 23.3 Å². The lowest BCUT2D eigenvalue weighted by atomic mass is 10.1. The number of hydrogen-bond donors (Lipinski definition) is 1. The lowest BCUT2D eigenvalue weighted by molar-refractivity contribution is -0.141. The number of imidazole rings is 1. The minimum atomic E-state index is -4.33. The number of thiazole rings is 1. The van der Waals surface area contributed by atoms with Gasteiger partial charge in [-0.25, -0.2) is 9.97 Å². The number of halogens is 3. The number of nitrogens with one attached hydrogen (secondary N) is 1. The van der Waals surface area contributed by atoms with Gasteiger partial charge in [-0.2, -0.15) is 13.2 Å². The molecule has 0 atom stereocenters. The number of carbonyl (C=O) groups is 1. The summed E-state index contributed by atoms with van der Waals surface area (Å²) in [5.74, 6) is -0.0543. The minimum Gasteiger partial charge on any atom is -0.325 e. The van der Waals surface area contributed by atoms with E-state index in [9.17, 15) is 18.0 Å². The highest BCUT2D eigenvalue weighted by molar-refractivity contribution is 7.14. The first kappa shape index (κ1) is 22.0. The first-order valence-corrected chi connectivity index (χ1v) is 10.1. The Morgan fingerprint density at radius 2 is 2.03 bits per heavy atom. The van der Waals surface area contributed by atoms with Crippen LogP contribution in [0.3, 0.4) is 0 Å². The van der Waals surface area contributed by atoms with E-state index in [1.54, 1.807) is 11.9 Å². The summed E-state index contributed by atoms with van der Waals surface area (Å²) in [6.45, 7) is 3.07. The van der Waals surface area contributed by atoms with Crippen molar-refractivity contribution in [1.29, 1.82) is 0 Å². The van der Waals surface area contributed by atoms with Crippen molar-refractivity contribution >= 4 is 22.4 Å². The molecule has 0 aliphatic carbocycles. The van der Waals surface area contributed by atoms with Crippen LogP contribution in [-0.4, -0.2) is 45.1 Å². The van der Waals surface area contributed by atoms with Gasteiger partial charge in [0.2, 0.25) is 5.91 Å². The fourth-order valence-electron chi connectivity index (χ4n) is 2.89. The predicted molar refractivity (Wildman–Crippen MR) is 110 cm³/mol. The third kappa shape index (κ3) is 5.90. The number of hydrogen-bond acceptors (Lipinski definition) is 5. The van der Waals surface area contributed by atoms with Crippen molar-refractivity contribution in [1.82, 2.24) is 19.4 Å². The van der Waals surface area contributed by atoms with Crippen molar-refractivity contribution in [3.63, 3.8) is 0 Å². The van der Waals surface area contributed by atoms with E-state index in [2.05, 4.69) is 15.3 Å². The SMILES string of the molecule is Cc1ccc(-c2csc(NC(=O)CN(C)Cc3nccn3CC(F)(F)F)n2)cc1C. The smallest absolute Gasteiger partial charge is 0.325 e. The molecule has 0 spiro atoms. The Hall–Kier alpha value is -2.72. The zero-order chi connectivity index (χ0) is 21.9. The molecule has 0 saturated carbocycles. The second-order valence-corrected chi connectivity index (χ2v) is 8.00. The van der Waals surface area contributed by atoms with Crippen LogP contribution in [0.2, 0.25) is 0 Å². The Morgan fingerprint density at radius 3 is 2.73 bits per heavy atom. The maximum Gasteiger partial charge on any atom is 0.406 e. The summed E-state index contributed by atoms with van der Waals surface area (Å²) in [6, 6.07) is 6.06. The first-order valence-electron chi connectivity index (χ1n) is 9.19. The molecule has 0 aliphatic rings. The molecule has 0 unspecified atom stereocenters. The number of aryl methyl sites for hydroxylation is 2. The number of carbonyl (C=O) groups excluding carboxylic acids is 1.